The highest BCUT2D eigenvalue weighted by atomic mass is 16.2. The summed E-state index contributed by atoms with van der Waals surface area (Å²) >= 11 is 0. The molecular formula is C16H17N3O. The fraction of sp³-hybridized carbons (Fsp3) is 0.250. The summed E-state index contributed by atoms with van der Waals surface area (Å²) in [6.45, 7) is 1.33. The molecule has 0 unspecified atom stereocenters. The van der Waals surface area contributed by atoms with Crippen LogP contribution in [0, 0.1) is 18.3 Å². The number of carbonyl (C=O) groups excluding carboxylic acids is 1. The molecule has 2 amide bonds. The largest absolute Gasteiger partial charge is 0.323 e. The van der Waals surface area contributed by atoms with E-state index < -0.39 is 0 Å². The van der Waals surface area contributed by atoms with Crippen LogP contribution in [0.4, 0.5) is 10.5 Å². The van der Waals surface area contributed by atoms with Crippen molar-refractivity contribution in [3.63, 3.8) is 0 Å². The molecule has 0 radical (unpaired) electrons. The second kappa shape index (κ2) is 6.58. The molecule has 1 saturated heterocycles. The molecule has 0 bridgehead atoms. The fourth-order valence-electron chi connectivity index (χ4n) is 2.09. The number of urea groups is 1. The smallest absolute Gasteiger partial charge is 0.321 e. The highest BCUT2D eigenvalue weighted by Gasteiger charge is 2.32. The van der Waals surface area contributed by atoms with Crippen molar-refractivity contribution in [2.75, 3.05) is 25.5 Å². The first-order valence-corrected chi connectivity index (χ1v) is 6.44. The lowest BCUT2D eigenvalue weighted by atomic mass is 9.92. The minimum absolute atomic E-state index is 0.0825. The zero-order chi connectivity index (χ0) is 14.4. The van der Waals surface area contributed by atoms with E-state index in [1.807, 2.05) is 30.3 Å². The Morgan fingerprint density at radius 3 is 2.75 bits per heavy atom. The monoisotopic (exact) mass is 267 g/mol. The summed E-state index contributed by atoms with van der Waals surface area (Å²) in [4.78, 5) is 17.7. The molecule has 1 aliphatic rings. The van der Waals surface area contributed by atoms with Crippen LogP contribution < -0.4 is 5.32 Å². The van der Waals surface area contributed by atoms with E-state index in [1.165, 1.54) is 0 Å². The lowest BCUT2D eigenvalue weighted by Crippen LogP contribution is -2.52. The van der Waals surface area contributed by atoms with Gasteiger partial charge in [0.2, 0.25) is 0 Å². The normalized spacial score (nSPS) is 15.8. The summed E-state index contributed by atoms with van der Waals surface area (Å²) in [5.41, 5.74) is 1.80. The number of rotatable bonds is 3. The minimum atomic E-state index is -0.0825. The van der Waals surface area contributed by atoms with E-state index in [9.17, 15) is 4.79 Å². The number of aliphatic imine (C=N–C) groups is 1. The molecule has 1 aromatic carbocycles. The molecule has 1 heterocycles. The van der Waals surface area contributed by atoms with Gasteiger partial charge in [-0.1, -0.05) is 24.1 Å². The number of likely N-dealkylation sites (tertiary alicyclic amines) is 1. The quantitative estimate of drug-likeness (QED) is 0.663. The molecule has 102 valence electrons. The van der Waals surface area contributed by atoms with Gasteiger partial charge in [-0.3, -0.25) is 4.99 Å². The standard InChI is InChI=1S/C16H17N3O/c1-3-7-13(10-17-2)14-11-19(12-14)16(20)18-15-8-5-4-6-9-15/h1,4-10,14H,11-12H2,2H3,(H,18,20)/b13-7+,17-10?. The molecule has 20 heavy (non-hydrogen) atoms. The number of allylic oxidation sites excluding steroid dienone is 1. The molecule has 0 atom stereocenters. The first-order chi connectivity index (χ1) is 9.74. The summed E-state index contributed by atoms with van der Waals surface area (Å²) in [7, 11) is 1.71. The van der Waals surface area contributed by atoms with Gasteiger partial charge < -0.3 is 10.2 Å². The molecule has 1 aromatic rings. The summed E-state index contributed by atoms with van der Waals surface area (Å²) in [5.74, 6) is 2.79. The van der Waals surface area contributed by atoms with Crippen molar-refractivity contribution in [1.82, 2.24) is 4.90 Å². The Labute approximate surface area is 119 Å². The minimum Gasteiger partial charge on any atom is -0.323 e. The average molecular weight is 267 g/mol. The van der Waals surface area contributed by atoms with Crippen LogP contribution in [0.5, 0.6) is 0 Å². The van der Waals surface area contributed by atoms with Gasteiger partial charge in [0.25, 0.3) is 0 Å². The van der Waals surface area contributed by atoms with Crippen LogP contribution in [0.25, 0.3) is 0 Å². The average Bonchev–Trinajstić information content (AvgIpc) is 2.38. The van der Waals surface area contributed by atoms with Gasteiger partial charge in [-0.2, -0.15) is 0 Å². The van der Waals surface area contributed by atoms with Crippen LogP contribution >= 0.6 is 0 Å². The van der Waals surface area contributed by atoms with Crippen molar-refractivity contribution in [2.45, 2.75) is 0 Å². The maximum atomic E-state index is 12.0. The van der Waals surface area contributed by atoms with E-state index in [0.717, 1.165) is 11.3 Å². The predicted molar refractivity (Wildman–Crippen MR) is 81.9 cm³/mol. The van der Waals surface area contributed by atoms with Crippen molar-refractivity contribution in [3.05, 3.63) is 42.0 Å². The Morgan fingerprint density at radius 1 is 1.45 bits per heavy atom. The van der Waals surface area contributed by atoms with Crippen LogP contribution in [0.3, 0.4) is 0 Å². The summed E-state index contributed by atoms with van der Waals surface area (Å²) in [6.07, 6.45) is 8.77. The van der Waals surface area contributed by atoms with Gasteiger partial charge in [-0.15, -0.1) is 6.42 Å². The van der Waals surface area contributed by atoms with Gasteiger partial charge >= 0.3 is 6.03 Å². The number of benzene rings is 1. The van der Waals surface area contributed by atoms with Gasteiger partial charge in [0.1, 0.15) is 0 Å². The number of amides is 2. The molecule has 4 heteroatoms. The van der Waals surface area contributed by atoms with E-state index in [4.69, 9.17) is 6.42 Å². The van der Waals surface area contributed by atoms with E-state index in [-0.39, 0.29) is 11.9 Å². The third-order valence-corrected chi connectivity index (χ3v) is 3.19. The van der Waals surface area contributed by atoms with Crippen molar-refractivity contribution >= 4 is 17.9 Å². The number of nitrogens with one attached hydrogen (secondary N) is 1. The highest BCUT2D eigenvalue weighted by molar-refractivity contribution is 5.90. The molecule has 4 nitrogen and oxygen atoms in total. The first kappa shape index (κ1) is 13.9. The summed E-state index contributed by atoms with van der Waals surface area (Å²) in [6, 6.07) is 9.34. The van der Waals surface area contributed by atoms with Crippen molar-refractivity contribution < 1.29 is 4.79 Å². The number of para-hydroxylation sites is 1. The predicted octanol–water partition coefficient (Wildman–Crippen LogP) is 2.41. The third kappa shape index (κ3) is 3.27. The van der Waals surface area contributed by atoms with Crippen LogP contribution in [0.15, 0.2) is 47.0 Å². The van der Waals surface area contributed by atoms with Gasteiger partial charge in [0.15, 0.2) is 0 Å². The summed E-state index contributed by atoms with van der Waals surface area (Å²) in [5, 5.41) is 2.86. The second-order valence-electron chi connectivity index (χ2n) is 4.60. The maximum Gasteiger partial charge on any atom is 0.321 e. The topological polar surface area (TPSA) is 44.7 Å². The molecule has 0 aliphatic carbocycles. The fourth-order valence-corrected chi connectivity index (χ4v) is 2.09. The van der Waals surface area contributed by atoms with E-state index in [0.29, 0.717) is 13.1 Å². The number of hydrogen-bond acceptors (Lipinski definition) is 2. The number of nitrogens with zero attached hydrogens (tertiary/aromatic N) is 2. The number of carbonyl (C=O) groups is 1. The Balaban J connectivity index is 1.88. The number of terminal acetylenes is 1. The maximum absolute atomic E-state index is 12.0. The molecule has 1 fully saturated rings. The summed E-state index contributed by atoms with van der Waals surface area (Å²) < 4.78 is 0. The SMILES string of the molecule is C#C/C=C(\C=NC)C1CN(C(=O)Nc2ccccc2)C1. The van der Waals surface area contributed by atoms with Crippen LogP contribution in [-0.2, 0) is 0 Å². The third-order valence-electron chi connectivity index (χ3n) is 3.19. The Kier molecular flexibility index (Phi) is 4.56. The van der Waals surface area contributed by atoms with Gasteiger partial charge in [-0.05, 0) is 23.8 Å². The van der Waals surface area contributed by atoms with Crippen LogP contribution in [-0.4, -0.2) is 37.3 Å². The zero-order valence-corrected chi connectivity index (χ0v) is 11.4. The van der Waals surface area contributed by atoms with E-state index >= 15 is 0 Å². The second-order valence-corrected chi connectivity index (χ2v) is 4.60. The number of hydrogen-bond donors (Lipinski definition) is 1. The zero-order valence-electron chi connectivity index (χ0n) is 11.4. The Hall–Kier alpha value is -2.54. The van der Waals surface area contributed by atoms with Crippen LogP contribution in [0.2, 0.25) is 0 Å². The molecular weight excluding hydrogens is 250 g/mol. The van der Waals surface area contributed by atoms with Gasteiger partial charge in [0.05, 0.1) is 0 Å². The molecule has 2 rings (SSSR count). The molecule has 0 spiro atoms. The molecule has 1 aliphatic heterocycles. The van der Waals surface area contributed by atoms with Crippen molar-refractivity contribution in [1.29, 1.82) is 0 Å². The van der Waals surface area contributed by atoms with Crippen molar-refractivity contribution in [3.8, 4) is 12.3 Å². The molecule has 0 aromatic heterocycles. The van der Waals surface area contributed by atoms with Gasteiger partial charge in [-0.25, -0.2) is 4.79 Å². The Bertz CT molecular complexity index is 563. The highest BCUT2D eigenvalue weighted by Crippen LogP contribution is 2.23. The molecule has 0 saturated carbocycles. The lowest BCUT2D eigenvalue weighted by molar-refractivity contribution is 0.151. The molecule has 1 N–H and O–H groups in total. The van der Waals surface area contributed by atoms with E-state index in [2.05, 4.69) is 16.2 Å². The van der Waals surface area contributed by atoms with Crippen LogP contribution in [0.1, 0.15) is 0 Å². The van der Waals surface area contributed by atoms with E-state index in [1.54, 1.807) is 24.2 Å². The number of anilines is 1. The first-order valence-electron chi connectivity index (χ1n) is 6.44. The van der Waals surface area contributed by atoms with Crippen molar-refractivity contribution in [2.24, 2.45) is 10.9 Å². The lowest BCUT2D eigenvalue weighted by Gasteiger charge is -2.39. The van der Waals surface area contributed by atoms with Gasteiger partial charge in [0, 0.05) is 38.0 Å². The Morgan fingerprint density at radius 2 is 2.15 bits per heavy atom.